The Morgan fingerprint density at radius 1 is 1.06 bits per heavy atom. The SMILES string of the molecule is CCCC(=O)OC1(CC)C2CC3CC(C2)CC1C3. The molecule has 4 saturated carbocycles. The fraction of sp³-hybridized carbons (Fsp3) is 0.938. The van der Waals surface area contributed by atoms with E-state index in [1.54, 1.807) is 0 Å². The van der Waals surface area contributed by atoms with E-state index in [4.69, 9.17) is 4.74 Å². The lowest BCUT2D eigenvalue weighted by Gasteiger charge is -2.60. The van der Waals surface area contributed by atoms with E-state index in [2.05, 4.69) is 13.8 Å². The van der Waals surface area contributed by atoms with Crippen LogP contribution in [0.15, 0.2) is 0 Å². The smallest absolute Gasteiger partial charge is 0.306 e. The molecule has 0 heterocycles. The second-order valence-corrected chi connectivity index (χ2v) is 6.84. The molecule has 0 aromatic heterocycles. The number of hydrogen-bond donors (Lipinski definition) is 0. The van der Waals surface area contributed by atoms with Crippen molar-refractivity contribution in [2.45, 2.75) is 70.8 Å². The van der Waals surface area contributed by atoms with Crippen molar-refractivity contribution in [2.24, 2.45) is 23.7 Å². The molecule has 18 heavy (non-hydrogen) atoms. The fourth-order valence-electron chi connectivity index (χ4n) is 5.27. The molecule has 0 aromatic rings. The molecule has 2 heteroatoms. The van der Waals surface area contributed by atoms with E-state index in [1.807, 2.05) is 0 Å². The maximum atomic E-state index is 12.0. The first-order valence-electron chi connectivity index (χ1n) is 7.89. The molecule has 0 aliphatic heterocycles. The van der Waals surface area contributed by atoms with E-state index in [0.717, 1.165) is 24.7 Å². The molecule has 0 unspecified atom stereocenters. The van der Waals surface area contributed by atoms with Crippen molar-refractivity contribution in [1.82, 2.24) is 0 Å². The average Bonchev–Trinajstić information content (AvgIpc) is 2.33. The minimum absolute atomic E-state index is 0.0480. The molecule has 0 spiro atoms. The number of hydrogen-bond acceptors (Lipinski definition) is 2. The number of rotatable bonds is 4. The van der Waals surface area contributed by atoms with E-state index < -0.39 is 0 Å². The second-order valence-electron chi connectivity index (χ2n) is 6.84. The summed E-state index contributed by atoms with van der Waals surface area (Å²) >= 11 is 0. The van der Waals surface area contributed by atoms with E-state index in [9.17, 15) is 4.79 Å². The summed E-state index contributed by atoms with van der Waals surface area (Å²) in [5.41, 5.74) is -0.0837. The number of ether oxygens (including phenoxy) is 1. The molecular formula is C16H26O2. The van der Waals surface area contributed by atoms with Gasteiger partial charge in [0, 0.05) is 6.42 Å². The van der Waals surface area contributed by atoms with Gasteiger partial charge in [0.25, 0.3) is 0 Å². The molecule has 102 valence electrons. The van der Waals surface area contributed by atoms with Gasteiger partial charge < -0.3 is 4.74 Å². The first kappa shape index (κ1) is 12.5. The average molecular weight is 250 g/mol. The Balaban J connectivity index is 1.80. The Labute approximate surface area is 110 Å². The van der Waals surface area contributed by atoms with Crippen molar-refractivity contribution in [3.05, 3.63) is 0 Å². The molecule has 0 radical (unpaired) electrons. The minimum atomic E-state index is -0.0837. The van der Waals surface area contributed by atoms with Crippen LogP contribution < -0.4 is 0 Å². The maximum absolute atomic E-state index is 12.0. The zero-order valence-electron chi connectivity index (χ0n) is 11.8. The fourth-order valence-corrected chi connectivity index (χ4v) is 5.27. The Bertz CT molecular complexity index is 306. The minimum Gasteiger partial charge on any atom is -0.458 e. The molecule has 4 bridgehead atoms. The van der Waals surface area contributed by atoms with Gasteiger partial charge in [-0.25, -0.2) is 0 Å². The van der Waals surface area contributed by atoms with Gasteiger partial charge in [0.2, 0.25) is 0 Å². The van der Waals surface area contributed by atoms with Crippen LogP contribution in [0.3, 0.4) is 0 Å². The van der Waals surface area contributed by atoms with Gasteiger partial charge in [0.15, 0.2) is 0 Å². The lowest BCUT2D eigenvalue weighted by Crippen LogP contribution is -2.59. The van der Waals surface area contributed by atoms with E-state index in [-0.39, 0.29) is 11.6 Å². The molecule has 4 fully saturated rings. The highest BCUT2D eigenvalue weighted by molar-refractivity contribution is 5.70. The third-order valence-corrected chi connectivity index (χ3v) is 5.83. The summed E-state index contributed by atoms with van der Waals surface area (Å²) in [4.78, 5) is 12.0. The van der Waals surface area contributed by atoms with Gasteiger partial charge in [-0.15, -0.1) is 0 Å². The molecular weight excluding hydrogens is 224 g/mol. The van der Waals surface area contributed by atoms with Crippen LogP contribution >= 0.6 is 0 Å². The van der Waals surface area contributed by atoms with Crippen LogP contribution in [0.5, 0.6) is 0 Å². The normalized spacial score (nSPS) is 45.2. The van der Waals surface area contributed by atoms with Crippen molar-refractivity contribution >= 4 is 5.97 Å². The van der Waals surface area contributed by atoms with Crippen molar-refractivity contribution in [2.75, 3.05) is 0 Å². The van der Waals surface area contributed by atoms with Crippen molar-refractivity contribution in [3.8, 4) is 0 Å². The first-order chi connectivity index (χ1) is 8.68. The summed E-state index contributed by atoms with van der Waals surface area (Å²) < 4.78 is 6.07. The Kier molecular flexibility index (Phi) is 3.15. The number of carbonyl (C=O) groups is 1. The first-order valence-corrected chi connectivity index (χ1v) is 7.89. The van der Waals surface area contributed by atoms with Gasteiger partial charge in [0.05, 0.1) is 0 Å². The van der Waals surface area contributed by atoms with Crippen LogP contribution in [0.1, 0.15) is 65.2 Å². The molecule has 0 atom stereocenters. The molecule has 0 N–H and O–H groups in total. The topological polar surface area (TPSA) is 26.3 Å². The van der Waals surface area contributed by atoms with Crippen molar-refractivity contribution in [1.29, 1.82) is 0 Å². The van der Waals surface area contributed by atoms with Gasteiger partial charge in [0.1, 0.15) is 5.60 Å². The van der Waals surface area contributed by atoms with Crippen LogP contribution in [0.25, 0.3) is 0 Å². The van der Waals surface area contributed by atoms with Crippen LogP contribution in [0.4, 0.5) is 0 Å². The van der Waals surface area contributed by atoms with E-state index >= 15 is 0 Å². The highest BCUT2D eigenvalue weighted by atomic mass is 16.6. The molecule has 0 saturated heterocycles. The van der Waals surface area contributed by atoms with Gasteiger partial charge >= 0.3 is 5.97 Å². The zero-order chi connectivity index (χ0) is 12.8. The van der Waals surface area contributed by atoms with Gasteiger partial charge in [-0.1, -0.05) is 13.8 Å². The molecule has 4 aliphatic carbocycles. The maximum Gasteiger partial charge on any atom is 0.306 e. The van der Waals surface area contributed by atoms with Crippen LogP contribution in [0.2, 0.25) is 0 Å². The molecule has 0 amide bonds. The number of carbonyl (C=O) groups excluding carboxylic acids is 1. The zero-order valence-corrected chi connectivity index (χ0v) is 11.8. The predicted molar refractivity (Wildman–Crippen MR) is 71.1 cm³/mol. The van der Waals surface area contributed by atoms with E-state index in [1.165, 1.54) is 32.1 Å². The van der Waals surface area contributed by atoms with Gasteiger partial charge in [-0.2, -0.15) is 0 Å². The van der Waals surface area contributed by atoms with Crippen LogP contribution in [-0.2, 0) is 9.53 Å². The Morgan fingerprint density at radius 3 is 2.06 bits per heavy atom. The predicted octanol–water partition coefficient (Wildman–Crippen LogP) is 3.93. The highest BCUT2D eigenvalue weighted by Gasteiger charge is 2.58. The highest BCUT2D eigenvalue weighted by Crippen LogP contribution is 2.60. The van der Waals surface area contributed by atoms with Gasteiger partial charge in [-0.3, -0.25) is 4.79 Å². The Morgan fingerprint density at radius 2 is 1.61 bits per heavy atom. The largest absolute Gasteiger partial charge is 0.458 e. The summed E-state index contributed by atoms with van der Waals surface area (Å²) in [6.45, 7) is 4.28. The molecule has 0 aromatic carbocycles. The van der Waals surface area contributed by atoms with Gasteiger partial charge in [-0.05, 0) is 68.6 Å². The quantitative estimate of drug-likeness (QED) is 0.707. The van der Waals surface area contributed by atoms with E-state index in [0.29, 0.717) is 18.3 Å². The molecule has 2 nitrogen and oxygen atoms in total. The lowest BCUT2D eigenvalue weighted by atomic mass is 9.49. The van der Waals surface area contributed by atoms with Crippen molar-refractivity contribution in [3.63, 3.8) is 0 Å². The Hall–Kier alpha value is -0.530. The summed E-state index contributed by atoms with van der Waals surface area (Å²) in [7, 11) is 0. The molecule has 4 rings (SSSR count). The summed E-state index contributed by atoms with van der Waals surface area (Å²) in [6, 6.07) is 0. The standard InChI is InChI=1S/C16H26O2/c1-3-5-15(17)18-16(4-2)13-7-11-6-12(9-13)10-14(16)8-11/h11-14H,3-10H2,1-2H3. The van der Waals surface area contributed by atoms with Crippen molar-refractivity contribution < 1.29 is 9.53 Å². The summed E-state index contributed by atoms with van der Waals surface area (Å²) in [5, 5.41) is 0. The summed E-state index contributed by atoms with van der Waals surface area (Å²) in [5.74, 6) is 3.26. The number of esters is 1. The third kappa shape index (κ3) is 1.80. The monoisotopic (exact) mass is 250 g/mol. The van der Waals surface area contributed by atoms with Crippen LogP contribution in [-0.4, -0.2) is 11.6 Å². The third-order valence-electron chi connectivity index (χ3n) is 5.83. The van der Waals surface area contributed by atoms with Crippen LogP contribution in [0, 0.1) is 23.7 Å². The summed E-state index contributed by atoms with van der Waals surface area (Å²) in [6.07, 6.45) is 9.25. The lowest BCUT2D eigenvalue weighted by molar-refractivity contribution is -0.210. The molecule has 4 aliphatic rings. The second kappa shape index (κ2) is 4.54.